The van der Waals surface area contributed by atoms with Gasteiger partial charge >= 0.3 is 0 Å². The highest BCUT2D eigenvalue weighted by Gasteiger charge is 2.12. The van der Waals surface area contributed by atoms with Gasteiger partial charge in [0.2, 0.25) is 0 Å². The molecule has 96 valence electrons. The van der Waals surface area contributed by atoms with E-state index < -0.39 is 0 Å². The van der Waals surface area contributed by atoms with Crippen molar-refractivity contribution < 1.29 is 9.15 Å². The van der Waals surface area contributed by atoms with E-state index in [1.54, 1.807) is 13.4 Å². The van der Waals surface area contributed by atoms with Crippen LogP contribution >= 0.6 is 0 Å². The van der Waals surface area contributed by atoms with Crippen molar-refractivity contribution in [3.05, 3.63) is 42.4 Å². The molecule has 0 unspecified atom stereocenters. The number of hydrogen-bond acceptors (Lipinski definition) is 3. The van der Waals surface area contributed by atoms with Gasteiger partial charge in [-0.1, -0.05) is 32.0 Å². The van der Waals surface area contributed by atoms with E-state index in [0.29, 0.717) is 6.04 Å². The molecule has 3 nitrogen and oxygen atoms in total. The fraction of sp³-hybridized carbons (Fsp3) is 0.333. The Morgan fingerprint density at radius 1 is 1.17 bits per heavy atom. The van der Waals surface area contributed by atoms with E-state index in [4.69, 9.17) is 9.15 Å². The summed E-state index contributed by atoms with van der Waals surface area (Å²) in [5.41, 5.74) is 2.15. The highest BCUT2D eigenvalue weighted by molar-refractivity contribution is 5.71. The van der Waals surface area contributed by atoms with Crippen LogP contribution in [0.2, 0.25) is 0 Å². The maximum atomic E-state index is 5.55. The van der Waals surface area contributed by atoms with E-state index >= 15 is 0 Å². The molecule has 1 heterocycles. The number of hydrogen-bond donors (Lipinski definition) is 1. The summed E-state index contributed by atoms with van der Waals surface area (Å²) in [7, 11) is 1.69. The lowest BCUT2D eigenvalue weighted by Crippen LogP contribution is -2.21. The lowest BCUT2D eigenvalue weighted by atomic mass is 10.1. The Bertz CT molecular complexity index is 503. The summed E-state index contributed by atoms with van der Waals surface area (Å²) >= 11 is 0. The molecule has 0 atom stereocenters. The van der Waals surface area contributed by atoms with Gasteiger partial charge in [0, 0.05) is 17.2 Å². The Morgan fingerprint density at radius 2 is 1.94 bits per heavy atom. The average molecular weight is 245 g/mol. The van der Waals surface area contributed by atoms with Crippen LogP contribution in [0.15, 0.2) is 41.0 Å². The number of rotatable bonds is 5. The molecule has 2 aromatic rings. The van der Waals surface area contributed by atoms with Crippen LogP contribution in [0.25, 0.3) is 11.1 Å². The zero-order valence-corrected chi connectivity index (χ0v) is 11.1. The molecule has 0 bridgehead atoms. The fourth-order valence-electron chi connectivity index (χ4n) is 1.88. The second-order valence-electron chi connectivity index (χ2n) is 4.49. The normalized spacial score (nSPS) is 10.9. The second-order valence-corrected chi connectivity index (χ2v) is 4.49. The monoisotopic (exact) mass is 245 g/mol. The zero-order valence-electron chi connectivity index (χ0n) is 11.1. The molecule has 0 radical (unpaired) electrons. The third-order valence-electron chi connectivity index (χ3n) is 2.81. The number of para-hydroxylation sites is 1. The fourth-order valence-corrected chi connectivity index (χ4v) is 1.88. The molecule has 0 amide bonds. The highest BCUT2D eigenvalue weighted by atomic mass is 16.5. The molecule has 1 aromatic carbocycles. The second kappa shape index (κ2) is 5.74. The number of benzene rings is 1. The molecule has 0 spiro atoms. The summed E-state index contributed by atoms with van der Waals surface area (Å²) < 4.78 is 10.9. The summed E-state index contributed by atoms with van der Waals surface area (Å²) in [6.45, 7) is 4.95. The van der Waals surface area contributed by atoms with Crippen LogP contribution in [-0.4, -0.2) is 13.2 Å². The average Bonchev–Trinajstić information content (AvgIpc) is 2.84. The molecule has 1 aromatic heterocycles. The van der Waals surface area contributed by atoms with Gasteiger partial charge in [0.25, 0.3) is 0 Å². The molecular formula is C15H19NO2. The first-order valence-corrected chi connectivity index (χ1v) is 6.15. The molecule has 18 heavy (non-hydrogen) atoms. The Morgan fingerprint density at radius 3 is 2.67 bits per heavy atom. The Hall–Kier alpha value is -1.74. The maximum Gasteiger partial charge on any atom is 0.126 e. The number of nitrogens with one attached hydrogen (secondary N) is 1. The van der Waals surface area contributed by atoms with Gasteiger partial charge in [-0.15, -0.1) is 0 Å². The van der Waals surface area contributed by atoms with Gasteiger partial charge in [-0.3, -0.25) is 0 Å². The molecular weight excluding hydrogens is 226 g/mol. The SMILES string of the molecule is COc1ccccc1-c1ccoc1CNC(C)C. The van der Waals surface area contributed by atoms with E-state index in [1.165, 1.54) is 0 Å². The van der Waals surface area contributed by atoms with Gasteiger partial charge in [-0.05, 0) is 12.1 Å². The van der Waals surface area contributed by atoms with Crippen LogP contribution in [0.3, 0.4) is 0 Å². The molecule has 0 aliphatic rings. The third kappa shape index (κ3) is 2.74. The quantitative estimate of drug-likeness (QED) is 0.876. The molecule has 3 heteroatoms. The van der Waals surface area contributed by atoms with Crippen molar-refractivity contribution in [3.63, 3.8) is 0 Å². The van der Waals surface area contributed by atoms with Crippen molar-refractivity contribution in [1.82, 2.24) is 5.32 Å². The van der Waals surface area contributed by atoms with Gasteiger partial charge in [0.1, 0.15) is 11.5 Å². The van der Waals surface area contributed by atoms with Crippen LogP contribution in [0.5, 0.6) is 5.75 Å². The van der Waals surface area contributed by atoms with Crippen molar-refractivity contribution in [1.29, 1.82) is 0 Å². The molecule has 2 rings (SSSR count). The molecule has 1 N–H and O–H groups in total. The minimum Gasteiger partial charge on any atom is -0.496 e. The predicted octanol–water partition coefficient (Wildman–Crippen LogP) is 3.45. The molecule has 0 aliphatic carbocycles. The summed E-state index contributed by atoms with van der Waals surface area (Å²) in [6, 6.07) is 10.4. The smallest absolute Gasteiger partial charge is 0.126 e. The minimum atomic E-state index is 0.431. The van der Waals surface area contributed by atoms with Crippen LogP contribution in [0, 0.1) is 0 Å². The van der Waals surface area contributed by atoms with E-state index in [2.05, 4.69) is 19.2 Å². The van der Waals surface area contributed by atoms with Crippen molar-refractivity contribution in [2.45, 2.75) is 26.4 Å². The van der Waals surface area contributed by atoms with Crippen molar-refractivity contribution >= 4 is 0 Å². The predicted molar refractivity (Wildman–Crippen MR) is 72.7 cm³/mol. The zero-order chi connectivity index (χ0) is 13.0. The summed E-state index contributed by atoms with van der Waals surface area (Å²) in [5, 5.41) is 3.36. The first kappa shape index (κ1) is 12.7. The lowest BCUT2D eigenvalue weighted by Gasteiger charge is -2.10. The van der Waals surface area contributed by atoms with E-state index in [1.807, 2.05) is 30.3 Å². The molecule has 0 fully saturated rings. The Labute approximate surface area is 108 Å². The summed E-state index contributed by atoms with van der Waals surface area (Å²) in [6.07, 6.45) is 1.72. The number of methoxy groups -OCH3 is 1. The highest BCUT2D eigenvalue weighted by Crippen LogP contribution is 2.32. The largest absolute Gasteiger partial charge is 0.496 e. The van der Waals surface area contributed by atoms with Gasteiger partial charge in [-0.25, -0.2) is 0 Å². The number of ether oxygens (including phenoxy) is 1. The third-order valence-corrected chi connectivity index (χ3v) is 2.81. The van der Waals surface area contributed by atoms with Crippen molar-refractivity contribution in [3.8, 4) is 16.9 Å². The Balaban J connectivity index is 2.30. The van der Waals surface area contributed by atoms with Crippen LogP contribution in [0.1, 0.15) is 19.6 Å². The van der Waals surface area contributed by atoms with Crippen LogP contribution < -0.4 is 10.1 Å². The van der Waals surface area contributed by atoms with Crippen LogP contribution in [0.4, 0.5) is 0 Å². The maximum absolute atomic E-state index is 5.55. The first-order valence-electron chi connectivity index (χ1n) is 6.15. The molecule has 0 aliphatic heterocycles. The number of furan rings is 1. The van der Waals surface area contributed by atoms with E-state index in [0.717, 1.165) is 29.2 Å². The minimum absolute atomic E-state index is 0.431. The molecule has 0 saturated heterocycles. The van der Waals surface area contributed by atoms with Crippen molar-refractivity contribution in [2.75, 3.05) is 7.11 Å². The first-order chi connectivity index (χ1) is 8.72. The van der Waals surface area contributed by atoms with Crippen molar-refractivity contribution in [2.24, 2.45) is 0 Å². The summed E-state index contributed by atoms with van der Waals surface area (Å²) in [5.74, 6) is 1.80. The molecule has 0 saturated carbocycles. The Kier molecular flexibility index (Phi) is 4.05. The van der Waals surface area contributed by atoms with Crippen LogP contribution in [-0.2, 0) is 6.54 Å². The van der Waals surface area contributed by atoms with Gasteiger partial charge in [0.15, 0.2) is 0 Å². The van der Waals surface area contributed by atoms with Gasteiger partial charge < -0.3 is 14.5 Å². The van der Waals surface area contributed by atoms with E-state index in [-0.39, 0.29) is 0 Å². The van der Waals surface area contributed by atoms with E-state index in [9.17, 15) is 0 Å². The lowest BCUT2D eigenvalue weighted by molar-refractivity contribution is 0.416. The van der Waals surface area contributed by atoms with Gasteiger partial charge in [-0.2, -0.15) is 0 Å². The summed E-state index contributed by atoms with van der Waals surface area (Å²) in [4.78, 5) is 0. The standard InChI is InChI=1S/C15H19NO2/c1-11(2)16-10-15-13(8-9-18-15)12-6-4-5-7-14(12)17-3/h4-9,11,16H,10H2,1-3H3. The topological polar surface area (TPSA) is 34.4 Å². The van der Waals surface area contributed by atoms with Gasteiger partial charge in [0.05, 0.1) is 19.9 Å².